The molecule has 2 aliphatic rings. The summed E-state index contributed by atoms with van der Waals surface area (Å²) >= 11 is 0. The van der Waals surface area contributed by atoms with Crippen molar-refractivity contribution in [3.8, 4) is 11.4 Å². The average Bonchev–Trinajstić information content (AvgIpc) is 3.10. The zero-order chi connectivity index (χ0) is 18.2. The van der Waals surface area contributed by atoms with Gasteiger partial charge in [0.05, 0.1) is 18.2 Å². The highest BCUT2D eigenvalue weighted by molar-refractivity contribution is 5.90. The number of para-hydroxylation sites is 1. The van der Waals surface area contributed by atoms with Crippen molar-refractivity contribution in [1.29, 1.82) is 0 Å². The first-order valence-electron chi connectivity index (χ1n) is 9.70. The lowest BCUT2D eigenvalue weighted by Crippen LogP contribution is -2.45. The predicted molar refractivity (Wildman–Crippen MR) is 108 cm³/mol. The van der Waals surface area contributed by atoms with E-state index < -0.39 is 0 Å². The molecule has 0 amide bonds. The Hall–Kier alpha value is -2.50. The maximum Gasteiger partial charge on any atom is 0.162 e. The van der Waals surface area contributed by atoms with E-state index in [1.807, 2.05) is 30.3 Å². The number of hydrogen-bond donors (Lipinski definition) is 1. The van der Waals surface area contributed by atoms with Crippen molar-refractivity contribution >= 4 is 16.7 Å². The van der Waals surface area contributed by atoms with Crippen LogP contribution in [0.3, 0.4) is 0 Å². The lowest BCUT2D eigenvalue weighted by molar-refractivity contribution is -0.0390. The van der Waals surface area contributed by atoms with E-state index in [1.165, 1.54) is 0 Å². The molecule has 3 heterocycles. The molecule has 2 saturated heterocycles. The van der Waals surface area contributed by atoms with E-state index in [0.29, 0.717) is 18.2 Å². The predicted octanol–water partition coefficient (Wildman–Crippen LogP) is 3.57. The molecule has 5 heteroatoms. The summed E-state index contributed by atoms with van der Waals surface area (Å²) in [6.45, 7) is 5.04. The van der Waals surface area contributed by atoms with E-state index in [2.05, 4.69) is 41.4 Å². The van der Waals surface area contributed by atoms with Gasteiger partial charge in [-0.2, -0.15) is 0 Å². The molecule has 27 heavy (non-hydrogen) atoms. The smallest absolute Gasteiger partial charge is 0.162 e. The third-order valence-corrected chi connectivity index (χ3v) is 5.57. The zero-order valence-electron chi connectivity index (χ0n) is 15.5. The first-order chi connectivity index (χ1) is 13.3. The van der Waals surface area contributed by atoms with Gasteiger partial charge in [-0.05, 0) is 25.5 Å². The fraction of sp³-hybridized carbons (Fsp3) is 0.364. The maximum absolute atomic E-state index is 5.84. The molecule has 2 aliphatic heterocycles. The third-order valence-electron chi connectivity index (χ3n) is 5.57. The molecule has 0 bridgehead atoms. The number of nitrogens with one attached hydrogen (secondary N) is 1. The molecule has 1 N–H and O–H groups in total. The van der Waals surface area contributed by atoms with E-state index in [1.54, 1.807) is 0 Å². The quantitative estimate of drug-likeness (QED) is 0.774. The van der Waals surface area contributed by atoms with E-state index in [4.69, 9.17) is 14.7 Å². The summed E-state index contributed by atoms with van der Waals surface area (Å²) in [6, 6.07) is 19.3. The Morgan fingerprint density at radius 3 is 2.70 bits per heavy atom. The molecule has 0 saturated carbocycles. The molecule has 0 unspecified atom stereocenters. The second kappa shape index (κ2) is 6.91. The van der Waals surface area contributed by atoms with Gasteiger partial charge in [-0.25, -0.2) is 9.97 Å². The minimum Gasteiger partial charge on any atom is -0.376 e. The minimum atomic E-state index is 0.324. The second-order valence-corrected chi connectivity index (χ2v) is 7.61. The van der Waals surface area contributed by atoms with Gasteiger partial charge < -0.3 is 10.1 Å². The number of nitrogens with zero attached hydrogens (tertiary/aromatic N) is 3. The molecule has 2 aromatic carbocycles. The Labute approximate surface area is 159 Å². The van der Waals surface area contributed by atoms with Crippen LogP contribution in [0.25, 0.3) is 22.3 Å². The molecule has 5 nitrogen and oxygen atoms in total. The normalized spacial score (nSPS) is 25.4. The van der Waals surface area contributed by atoms with Crippen LogP contribution in [-0.4, -0.2) is 52.8 Å². The van der Waals surface area contributed by atoms with E-state index in [9.17, 15) is 0 Å². The molecule has 3 atom stereocenters. The number of aromatic nitrogens is 2. The van der Waals surface area contributed by atoms with Crippen LogP contribution >= 0.6 is 0 Å². The summed E-state index contributed by atoms with van der Waals surface area (Å²) in [4.78, 5) is 12.2. The molecule has 0 aliphatic carbocycles. The van der Waals surface area contributed by atoms with Gasteiger partial charge in [0.15, 0.2) is 5.82 Å². The maximum atomic E-state index is 5.84. The van der Waals surface area contributed by atoms with Crippen molar-refractivity contribution < 1.29 is 4.74 Å². The molecule has 2 fully saturated rings. The van der Waals surface area contributed by atoms with E-state index in [-0.39, 0.29) is 0 Å². The highest BCUT2D eigenvalue weighted by Gasteiger charge is 2.36. The number of anilines is 1. The fourth-order valence-electron chi connectivity index (χ4n) is 4.24. The first kappa shape index (κ1) is 16.7. The largest absolute Gasteiger partial charge is 0.376 e. The summed E-state index contributed by atoms with van der Waals surface area (Å²) in [5.41, 5.74) is 2.01. The second-order valence-electron chi connectivity index (χ2n) is 7.61. The molecular formula is C22H24N4O. The van der Waals surface area contributed by atoms with Crippen LogP contribution < -0.4 is 5.32 Å². The van der Waals surface area contributed by atoms with Gasteiger partial charge in [0.1, 0.15) is 5.82 Å². The van der Waals surface area contributed by atoms with Gasteiger partial charge in [0.2, 0.25) is 0 Å². The van der Waals surface area contributed by atoms with E-state index >= 15 is 0 Å². The molecular weight excluding hydrogens is 336 g/mol. The molecule has 5 rings (SSSR count). The topological polar surface area (TPSA) is 50.3 Å². The molecule has 0 radical (unpaired) electrons. The molecule has 1 aromatic heterocycles. The lowest BCUT2D eigenvalue weighted by atomic mass is 10.1. The van der Waals surface area contributed by atoms with Crippen LogP contribution in [0, 0.1) is 0 Å². The van der Waals surface area contributed by atoms with Crippen LogP contribution in [-0.2, 0) is 4.74 Å². The highest BCUT2D eigenvalue weighted by atomic mass is 16.5. The summed E-state index contributed by atoms with van der Waals surface area (Å²) in [7, 11) is 0. The van der Waals surface area contributed by atoms with Gasteiger partial charge in [-0.1, -0.05) is 42.5 Å². The van der Waals surface area contributed by atoms with Crippen LogP contribution in [0.5, 0.6) is 0 Å². The number of fused-ring (bicyclic) bond motifs is 2. The van der Waals surface area contributed by atoms with Crippen molar-refractivity contribution in [2.24, 2.45) is 0 Å². The molecule has 3 aromatic rings. The number of rotatable bonds is 3. The summed E-state index contributed by atoms with van der Waals surface area (Å²) in [6.07, 6.45) is 1.41. The number of morpholine rings is 1. The van der Waals surface area contributed by atoms with Gasteiger partial charge in [0, 0.05) is 36.1 Å². The summed E-state index contributed by atoms with van der Waals surface area (Å²) in [5.74, 6) is 1.70. The van der Waals surface area contributed by atoms with Crippen LogP contribution in [0.4, 0.5) is 5.82 Å². The van der Waals surface area contributed by atoms with Crippen molar-refractivity contribution in [3.05, 3.63) is 54.6 Å². The van der Waals surface area contributed by atoms with Gasteiger partial charge in [0.25, 0.3) is 0 Å². The lowest BCUT2D eigenvalue weighted by Gasteiger charge is -2.33. The van der Waals surface area contributed by atoms with Gasteiger partial charge in [-0.15, -0.1) is 0 Å². The average molecular weight is 360 g/mol. The Morgan fingerprint density at radius 1 is 1.00 bits per heavy atom. The Kier molecular flexibility index (Phi) is 4.26. The van der Waals surface area contributed by atoms with Crippen molar-refractivity contribution in [1.82, 2.24) is 14.9 Å². The number of ether oxygens (including phenoxy) is 1. The fourth-order valence-corrected chi connectivity index (χ4v) is 4.24. The Balaban J connectivity index is 1.47. The van der Waals surface area contributed by atoms with Crippen molar-refractivity contribution in [2.75, 3.05) is 25.0 Å². The Bertz CT molecular complexity index is 945. The van der Waals surface area contributed by atoms with Crippen LogP contribution in [0.15, 0.2) is 54.6 Å². The van der Waals surface area contributed by atoms with Gasteiger partial charge >= 0.3 is 0 Å². The van der Waals surface area contributed by atoms with Gasteiger partial charge in [-0.3, -0.25) is 4.90 Å². The molecule has 138 valence electrons. The summed E-state index contributed by atoms with van der Waals surface area (Å²) < 4.78 is 5.84. The number of benzene rings is 2. The van der Waals surface area contributed by atoms with Crippen molar-refractivity contribution in [3.63, 3.8) is 0 Å². The monoisotopic (exact) mass is 360 g/mol. The van der Waals surface area contributed by atoms with Crippen LogP contribution in [0.2, 0.25) is 0 Å². The van der Waals surface area contributed by atoms with Crippen LogP contribution in [0.1, 0.15) is 13.3 Å². The van der Waals surface area contributed by atoms with E-state index in [0.717, 1.165) is 54.2 Å². The standard InChI is InChI=1S/C22H24N4O/c1-15-12-26-13-17(11-18(26)14-27-15)23-22-19-9-5-6-10-20(19)24-21(25-22)16-7-3-2-4-8-16/h2-10,15,17-18H,11-14H2,1H3,(H,23,24,25)/t15-,17+,18-/m0/s1. The summed E-state index contributed by atoms with van der Waals surface area (Å²) in [5, 5.41) is 4.79. The number of hydrogen-bond acceptors (Lipinski definition) is 5. The zero-order valence-corrected chi connectivity index (χ0v) is 15.5. The third kappa shape index (κ3) is 3.29. The SMILES string of the molecule is C[C@H]1CN2C[C@H](Nc3nc(-c4ccccc4)nc4ccccc34)C[C@H]2CO1. The first-order valence-corrected chi connectivity index (χ1v) is 9.70. The minimum absolute atomic E-state index is 0.324. The van der Waals surface area contributed by atoms with Crippen molar-refractivity contribution in [2.45, 2.75) is 31.5 Å². The Morgan fingerprint density at radius 2 is 1.81 bits per heavy atom. The highest BCUT2D eigenvalue weighted by Crippen LogP contribution is 2.29. The molecule has 0 spiro atoms.